The Balaban J connectivity index is 1.25. The van der Waals surface area contributed by atoms with Crippen LogP contribution in [-0.2, 0) is 5.41 Å². The highest BCUT2D eigenvalue weighted by Gasteiger charge is 2.37. The number of benzene rings is 8. The molecule has 56 heavy (non-hydrogen) atoms. The predicted octanol–water partition coefficient (Wildman–Crippen LogP) is 13.1. The molecule has 12 rings (SSSR count). The second kappa shape index (κ2) is 11.4. The zero-order valence-electron chi connectivity index (χ0n) is 31.0. The first-order chi connectivity index (χ1) is 27.5. The van der Waals surface area contributed by atoms with Crippen molar-refractivity contribution in [2.75, 3.05) is 0 Å². The summed E-state index contributed by atoms with van der Waals surface area (Å²) in [6.07, 6.45) is 0. The Kier molecular flexibility index (Phi) is 6.37. The molecule has 2 aromatic heterocycles. The second-order valence-corrected chi connectivity index (χ2v) is 15.6. The smallest absolute Gasteiger partial charge is 0.166 e. The van der Waals surface area contributed by atoms with Crippen molar-refractivity contribution in [3.63, 3.8) is 0 Å². The van der Waals surface area contributed by atoms with Crippen LogP contribution in [0.2, 0.25) is 0 Å². The van der Waals surface area contributed by atoms with E-state index in [0.29, 0.717) is 17.5 Å². The second-order valence-electron chi connectivity index (χ2n) is 15.6. The van der Waals surface area contributed by atoms with Gasteiger partial charge in [0.15, 0.2) is 17.5 Å². The predicted molar refractivity (Wildman–Crippen MR) is 230 cm³/mol. The molecule has 8 aromatic carbocycles. The number of hydrogen-bond donors (Lipinski definition) is 0. The maximum atomic E-state index is 5.34. The molecule has 4 heteroatoms. The molecule has 0 fully saturated rings. The van der Waals surface area contributed by atoms with Gasteiger partial charge < -0.3 is 4.57 Å². The first-order valence-electron chi connectivity index (χ1n) is 19.3. The fourth-order valence-corrected chi connectivity index (χ4v) is 9.62. The highest BCUT2D eigenvalue weighted by atomic mass is 15.1. The van der Waals surface area contributed by atoms with Crippen molar-refractivity contribution >= 4 is 32.6 Å². The van der Waals surface area contributed by atoms with Gasteiger partial charge in [-0.1, -0.05) is 159 Å². The van der Waals surface area contributed by atoms with Gasteiger partial charge in [-0.2, -0.15) is 0 Å². The van der Waals surface area contributed by atoms with Crippen LogP contribution < -0.4 is 0 Å². The third kappa shape index (κ3) is 4.27. The Hall–Kier alpha value is -7.17. The van der Waals surface area contributed by atoms with Crippen molar-refractivity contribution in [3.05, 3.63) is 181 Å². The normalized spacial score (nSPS) is 13.3. The quantitative estimate of drug-likeness (QED) is 0.182. The lowest BCUT2D eigenvalue weighted by molar-refractivity contribution is 0.660. The molecule has 0 aliphatic heterocycles. The van der Waals surface area contributed by atoms with E-state index >= 15 is 0 Å². The fraction of sp³-hybridized carbons (Fsp3) is 0.0577. The molecule has 0 saturated heterocycles. The SMILES string of the molecule is CC1(C)c2ccccc2-c2cc(-n3c4cccc5c4c4c6c(cccc6ccc43)-c3ccccc3-5)c(-c3nc(-c4ccccc4)nc(-c4ccccc4)n3)cc21. The Morgan fingerprint density at radius 3 is 1.62 bits per heavy atom. The summed E-state index contributed by atoms with van der Waals surface area (Å²) in [5.41, 5.74) is 16.2. The van der Waals surface area contributed by atoms with Gasteiger partial charge in [0.2, 0.25) is 0 Å². The van der Waals surface area contributed by atoms with Crippen LogP contribution in [0.4, 0.5) is 0 Å². The molecule has 0 bridgehead atoms. The van der Waals surface area contributed by atoms with Gasteiger partial charge in [0.1, 0.15) is 0 Å². The summed E-state index contributed by atoms with van der Waals surface area (Å²) >= 11 is 0. The molecule has 262 valence electrons. The van der Waals surface area contributed by atoms with Crippen LogP contribution in [0.1, 0.15) is 25.0 Å². The van der Waals surface area contributed by atoms with E-state index in [1.165, 1.54) is 66.1 Å². The standard InChI is InChI=1S/C52H34N4/c1-52(2)41-25-12-11-22-36(41)39-30-45(40(29-42(39)52)51-54-49(32-15-5-3-6-16-32)53-50(55-51)33-17-7-4-8-18-33)56-43-26-14-24-38-35-21-10-9-20-34(35)37-23-13-19-31-27-28-44(56)48(46(31)37)47(38)43/h3-30H,1-2H3. The maximum absolute atomic E-state index is 5.34. The molecule has 0 saturated carbocycles. The Bertz CT molecular complexity index is 3210. The average Bonchev–Trinajstić information content (AvgIpc) is 3.66. The third-order valence-corrected chi connectivity index (χ3v) is 12.2. The van der Waals surface area contributed by atoms with Crippen LogP contribution in [0.15, 0.2) is 170 Å². The van der Waals surface area contributed by atoms with E-state index in [1.54, 1.807) is 0 Å². The largest absolute Gasteiger partial charge is 0.308 e. The van der Waals surface area contributed by atoms with E-state index in [-0.39, 0.29) is 5.41 Å². The third-order valence-electron chi connectivity index (χ3n) is 12.2. The summed E-state index contributed by atoms with van der Waals surface area (Å²) in [6, 6.07) is 61.2. The summed E-state index contributed by atoms with van der Waals surface area (Å²) in [4.78, 5) is 15.8. The van der Waals surface area contributed by atoms with Crippen molar-refractivity contribution in [2.24, 2.45) is 0 Å². The number of aromatic nitrogens is 4. The van der Waals surface area contributed by atoms with E-state index in [4.69, 9.17) is 15.0 Å². The molecular weight excluding hydrogens is 681 g/mol. The topological polar surface area (TPSA) is 43.6 Å². The van der Waals surface area contributed by atoms with Gasteiger partial charge in [-0.05, 0) is 79.5 Å². The molecule has 0 unspecified atom stereocenters. The van der Waals surface area contributed by atoms with Crippen molar-refractivity contribution in [3.8, 4) is 73.2 Å². The molecule has 0 amide bonds. The zero-order valence-corrected chi connectivity index (χ0v) is 31.0. The highest BCUT2D eigenvalue weighted by Crippen LogP contribution is 2.53. The first-order valence-corrected chi connectivity index (χ1v) is 19.3. The van der Waals surface area contributed by atoms with Crippen LogP contribution >= 0.6 is 0 Å². The minimum absolute atomic E-state index is 0.222. The van der Waals surface area contributed by atoms with E-state index in [0.717, 1.165) is 33.4 Å². The van der Waals surface area contributed by atoms with Gasteiger partial charge in [-0.3, -0.25) is 0 Å². The minimum atomic E-state index is -0.222. The lowest BCUT2D eigenvalue weighted by Gasteiger charge is -2.23. The van der Waals surface area contributed by atoms with Crippen molar-refractivity contribution in [1.29, 1.82) is 0 Å². The lowest BCUT2D eigenvalue weighted by Crippen LogP contribution is -2.15. The molecule has 2 heterocycles. The highest BCUT2D eigenvalue weighted by molar-refractivity contribution is 6.30. The Morgan fingerprint density at radius 2 is 0.929 bits per heavy atom. The zero-order chi connectivity index (χ0) is 37.1. The van der Waals surface area contributed by atoms with Crippen LogP contribution in [0.25, 0.3) is 106 Å². The minimum Gasteiger partial charge on any atom is -0.308 e. The molecule has 0 atom stereocenters. The monoisotopic (exact) mass is 714 g/mol. The summed E-state index contributed by atoms with van der Waals surface area (Å²) in [5.74, 6) is 1.94. The summed E-state index contributed by atoms with van der Waals surface area (Å²) in [7, 11) is 0. The van der Waals surface area contributed by atoms with Crippen molar-refractivity contribution < 1.29 is 0 Å². The van der Waals surface area contributed by atoms with Gasteiger partial charge in [0.25, 0.3) is 0 Å². The number of rotatable bonds is 4. The number of fused-ring (bicyclic) bond motifs is 6. The summed E-state index contributed by atoms with van der Waals surface area (Å²) in [5, 5.41) is 5.07. The maximum Gasteiger partial charge on any atom is 0.166 e. The number of hydrogen-bond acceptors (Lipinski definition) is 3. The fourth-order valence-electron chi connectivity index (χ4n) is 9.62. The molecular formula is C52H34N4. The van der Waals surface area contributed by atoms with Gasteiger partial charge in [-0.15, -0.1) is 0 Å². The summed E-state index contributed by atoms with van der Waals surface area (Å²) in [6.45, 7) is 4.67. The number of nitrogens with zero attached hydrogens (tertiary/aromatic N) is 4. The van der Waals surface area contributed by atoms with Gasteiger partial charge >= 0.3 is 0 Å². The van der Waals surface area contributed by atoms with Gasteiger partial charge in [-0.25, -0.2) is 15.0 Å². The molecule has 0 radical (unpaired) electrons. The molecule has 0 spiro atoms. The van der Waals surface area contributed by atoms with Crippen LogP contribution in [0, 0.1) is 0 Å². The molecule has 4 nitrogen and oxygen atoms in total. The average molecular weight is 715 g/mol. The molecule has 2 aliphatic carbocycles. The van der Waals surface area contributed by atoms with Gasteiger partial charge in [0, 0.05) is 32.9 Å². The van der Waals surface area contributed by atoms with E-state index < -0.39 is 0 Å². The van der Waals surface area contributed by atoms with Gasteiger partial charge in [0.05, 0.1) is 16.7 Å². The van der Waals surface area contributed by atoms with E-state index in [9.17, 15) is 0 Å². The van der Waals surface area contributed by atoms with Crippen LogP contribution in [0.3, 0.4) is 0 Å². The van der Waals surface area contributed by atoms with Crippen LogP contribution in [0.5, 0.6) is 0 Å². The Morgan fingerprint density at radius 1 is 0.375 bits per heavy atom. The lowest BCUT2D eigenvalue weighted by atomic mass is 9.81. The van der Waals surface area contributed by atoms with Crippen molar-refractivity contribution in [2.45, 2.75) is 19.3 Å². The molecule has 10 aromatic rings. The summed E-state index contributed by atoms with van der Waals surface area (Å²) < 4.78 is 2.48. The Labute approximate surface area is 324 Å². The molecule has 0 N–H and O–H groups in total. The first kappa shape index (κ1) is 31.2. The molecule has 2 aliphatic rings. The van der Waals surface area contributed by atoms with E-state index in [1.807, 2.05) is 36.4 Å². The van der Waals surface area contributed by atoms with Crippen molar-refractivity contribution in [1.82, 2.24) is 19.5 Å². The van der Waals surface area contributed by atoms with Crippen LogP contribution in [-0.4, -0.2) is 19.5 Å². The van der Waals surface area contributed by atoms with E-state index in [2.05, 4.69) is 152 Å².